The van der Waals surface area contributed by atoms with E-state index in [-0.39, 0.29) is 0 Å². The molecule has 0 spiro atoms. The monoisotopic (exact) mass is 376 g/mol. The maximum Gasteiger partial charge on any atom is 0.191 e. The number of hydrogen-bond acceptors (Lipinski definition) is 4. The largest absolute Gasteiger partial charge is 0.369 e. The Balaban J connectivity index is 1.26. The van der Waals surface area contributed by atoms with Crippen LogP contribution in [-0.4, -0.2) is 87.2 Å². The summed E-state index contributed by atoms with van der Waals surface area (Å²) in [5.41, 5.74) is 1.20. The molecule has 2 atom stereocenters. The fourth-order valence-corrected chi connectivity index (χ4v) is 4.49. The first-order valence-corrected chi connectivity index (χ1v) is 10.0. The van der Waals surface area contributed by atoms with E-state index < -0.39 is 0 Å². The van der Waals surface area contributed by atoms with Crippen molar-refractivity contribution in [2.45, 2.75) is 18.5 Å². The van der Waals surface area contributed by atoms with Crippen LogP contribution in [0.3, 0.4) is 0 Å². The molecule has 142 valence electrons. The van der Waals surface area contributed by atoms with Crippen molar-refractivity contribution >= 4 is 23.2 Å². The first kappa shape index (κ1) is 17.9. The molecule has 2 N–H and O–H groups in total. The van der Waals surface area contributed by atoms with Crippen LogP contribution in [0.2, 0.25) is 5.02 Å². The van der Waals surface area contributed by atoms with Crippen molar-refractivity contribution in [2.75, 3.05) is 64.3 Å². The van der Waals surface area contributed by atoms with Crippen LogP contribution in [0.5, 0.6) is 0 Å². The highest BCUT2D eigenvalue weighted by molar-refractivity contribution is 6.30. The predicted octanol–water partition coefficient (Wildman–Crippen LogP) is 1.08. The second kappa shape index (κ2) is 8.03. The average Bonchev–Trinajstić information content (AvgIpc) is 3.15. The number of hydrogen-bond donors (Lipinski definition) is 2. The molecular weight excluding hydrogens is 348 g/mol. The highest BCUT2D eigenvalue weighted by Crippen LogP contribution is 2.23. The standard InChI is InChI=1S/C19H29ClN6/c1-21-19(22-12-18-14-24-7-9-25(18)10-8-24)23-16-5-6-26(13-16)17-4-2-3-15(20)11-17/h2-4,11,16,18H,5-10,12-14H2,1H3,(H2,21,22,23). The lowest BCUT2D eigenvalue weighted by atomic mass is 10.1. The third-order valence-electron chi connectivity index (χ3n) is 5.82. The SMILES string of the molecule is CN=C(NCC1CN2CCN1CC2)NC1CCN(c2cccc(Cl)c2)C1. The number of guanidine groups is 1. The number of anilines is 1. The van der Waals surface area contributed by atoms with Gasteiger partial charge in [0.25, 0.3) is 0 Å². The number of rotatable bonds is 4. The lowest BCUT2D eigenvalue weighted by molar-refractivity contribution is 0.0154. The number of nitrogens with zero attached hydrogens (tertiary/aromatic N) is 4. The van der Waals surface area contributed by atoms with Crippen molar-refractivity contribution in [1.29, 1.82) is 0 Å². The van der Waals surface area contributed by atoms with Crippen LogP contribution in [0.15, 0.2) is 29.3 Å². The van der Waals surface area contributed by atoms with E-state index in [0.717, 1.165) is 37.0 Å². The van der Waals surface area contributed by atoms with Gasteiger partial charge in [-0.25, -0.2) is 0 Å². The van der Waals surface area contributed by atoms with E-state index in [1.165, 1.54) is 38.4 Å². The van der Waals surface area contributed by atoms with Gasteiger partial charge in [0.1, 0.15) is 0 Å². The normalized spacial score (nSPS) is 31.3. The molecule has 4 saturated heterocycles. The minimum atomic E-state index is 0.409. The molecular formula is C19H29ClN6. The Morgan fingerprint density at radius 2 is 2.04 bits per heavy atom. The zero-order chi connectivity index (χ0) is 17.9. The Bertz CT molecular complexity index is 643. The van der Waals surface area contributed by atoms with Crippen LogP contribution >= 0.6 is 11.6 Å². The average molecular weight is 377 g/mol. The summed E-state index contributed by atoms with van der Waals surface area (Å²) in [6.07, 6.45) is 1.11. The Kier molecular flexibility index (Phi) is 5.52. The molecule has 4 fully saturated rings. The van der Waals surface area contributed by atoms with Gasteiger partial charge in [0.05, 0.1) is 0 Å². The minimum absolute atomic E-state index is 0.409. The Labute approximate surface area is 161 Å². The minimum Gasteiger partial charge on any atom is -0.369 e. The molecule has 4 aliphatic heterocycles. The van der Waals surface area contributed by atoms with Crippen molar-refractivity contribution in [1.82, 2.24) is 20.4 Å². The molecule has 5 rings (SSSR count). The third-order valence-corrected chi connectivity index (χ3v) is 6.06. The van der Waals surface area contributed by atoms with Gasteiger partial charge in [-0.2, -0.15) is 0 Å². The number of piperazine rings is 3. The summed E-state index contributed by atoms with van der Waals surface area (Å²) in [5, 5.41) is 7.94. The van der Waals surface area contributed by atoms with Crippen molar-refractivity contribution < 1.29 is 0 Å². The smallest absolute Gasteiger partial charge is 0.191 e. The summed E-state index contributed by atoms with van der Waals surface area (Å²) in [5.74, 6) is 0.917. The molecule has 1 aromatic rings. The number of fused-ring (bicyclic) bond motifs is 3. The van der Waals surface area contributed by atoms with E-state index >= 15 is 0 Å². The second-order valence-electron chi connectivity index (χ2n) is 7.50. The molecule has 4 heterocycles. The number of benzene rings is 1. The molecule has 1 aromatic carbocycles. The van der Waals surface area contributed by atoms with Gasteiger partial charge in [0.2, 0.25) is 0 Å². The third kappa shape index (κ3) is 4.08. The van der Waals surface area contributed by atoms with Crippen molar-refractivity contribution in [3.8, 4) is 0 Å². The van der Waals surface area contributed by atoms with Crippen LogP contribution in [-0.2, 0) is 0 Å². The van der Waals surface area contributed by atoms with E-state index in [2.05, 4.69) is 36.4 Å². The molecule has 0 saturated carbocycles. The predicted molar refractivity (Wildman–Crippen MR) is 108 cm³/mol. The van der Waals surface area contributed by atoms with Gasteiger partial charge in [-0.05, 0) is 24.6 Å². The van der Waals surface area contributed by atoms with Crippen LogP contribution < -0.4 is 15.5 Å². The van der Waals surface area contributed by atoms with Gasteiger partial charge in [-0.1, -0.05) is 17.7 Å². The molecule has 26 heavy (non-hydrogen) atoms. The summed E-state index contributed by atoms with van der Waals surface area (Å²) >= 11 is 6.13. The maximum absolute atomic E-state index is 6.13. The van der Waals surface area contributed by atoms with Crippen LogP contribution in [0.1, 0.15) is 6.42 Å². The fraction of sp³-hybridized carbons (Fsp3) is 0.632. The van der Waals surface area contributed by atoms with Crippen LogP contribution in [0.4, 0.5) is 5.69 Å². The Morgan fingerprint density at radius 1 is 1.19 bits per heavy atom. The van der Waals surface area contributed by atoms with Crippen molar-refractivity contribution in [2.24, 2.45) is 4.99 Å². The summed E-state index contributed by atoms with van der Waals surface area (Å²) in [4.78, 5) is 12.0. The molecule has 4 aliphatic rings. The summed E-state index contributed by atoms with van der Waals surface area (Å²) in [7, 11) is 1.86. The Morgan fingerprint density at radius 3 is 2.73 bits per heavy atom. The molecule has 0 aliphatic carbocycles. The van der Waals surface area contributed by atoms with Gasteiger partial charge >= 0.3 is 0 Å². The zero-order valence-corrected chi connectivity index (χ0v) is 16.3. The number of nitrogens with one attached hydrogen (secondary N) is 2. The molecule has 2 bridgehead atoms. The molecule has 2 unspecified atom stereocenters. The molecule has 6 nitrogen and oxygen atoms in total. The van der Waals surface area contributed by atoms with Crippen molar-refractivity contribution in [3.63, 3.8) is 0 Å². The highest BCUT2D eigenvalue weighted by atomic mass is 35.5. The van der Waals surface area contributed by atoms with Crippen LogP contribution in [0, 0.1) is 0 Å². The lowest BCUT2D eigenvalue weighted by Gasteiger charge is -2.47. The molecule has 7 heteroatoms. The lowest BCUT2D eigenvalue weighted by Crippen LogP contribution is -2.64. The highest BCUT2D eigenvalue weighted by Gasteiger charge is 2.32. The van der Waals surface area contributed by atoms with Gasteiger partial charge in [0, 0.05) is 82.2 Å². The maximum atomic E-state index is 6.13. The quantitative estimate of drug-likeness (QED) is 0.608. The molecule has 0 radical (unpaired) electrons. The zero-order valence-electron chi connectivity index (χ0n) is 15.5. The van der Waals surface area contributed by atoms with Crippen molar-refractivity contribution in [3.05, 3.63) is 29.3 Å². The van der Waals surface area contributed by atoms with Gasteiger partial charge in [-0.15, -0.1) is 0 Å². The molecule has 0 amide bonds. The summed E-state index contributed by atoms with van der Waals surface area (Å²) < 4.78 is 0. The van der Waals surface area contributed by atoms with Gasteiger partial charge < -0.3 is 15.5 Å². The first-order chi connectivity index (χ1) is 12.7. The van der Waals surface area contributed by atoms with Crippen LogP contribution in [0.25, 0.3) is 0 Å². The fourth-order valence-electron chi connectivity index (χ4n) is 4.31. The van der Waals surface area contributed by atoms with Gasteiger partial charge in [-0.3, -0.25) is 14.8 Å². The topological polar surface area (TPSA) is 46.1 Å². The van der Waals surface area contributed by atoms with E-state index in [4.69, 9.17) is 11.6 Å². The second-order valence-corrected chi connectivity index (χ2v) is 7.94. The van der Waals surface area contributed by atoms with Gasteiger partial charge in [0.15, 0.2) is 5.96 Å². The van der Waals surface area contributed by atoms with E-state index in [1.807, 2.05) is 25.2 Å². The molecule has 0 aromatic heterocycles. The number of aliphatic imine (C=N–C) groups is 1. The first-order valence-electron chi connectivity index (χ1n) is 9.65. The Hall–Kier alpha value is -1.50. The summed E-state index contributed by atoms with van der Waals surface area (Å²) in [6.45, 7) is 9.02. The summed E-state index contributed by atoms with van der Waals surface area (Å²) in [6, 6.07) is 9.12. The van der Waals surface area contributed by atoms with E-state index in [9.17, 15) is 0 Å². The van der Waals surface area contributed by atoms with E-state index in [0.29, 0.717) is 12.1 Å². The van der Waals surface area contributed by atoms with E-state index in [1.54, 1.807) is 0 Å². The number of halogens is 1.